The van der Waals surface area contributed by atoms with Crippen LogP contribution in [0.5, 0.6) is 0 Å². The van der Waals surface area contributed by atoms with Crippen LogP contribution >= 0.6 is 0 Å². The lowest BCUT2D eigenvalue weighted by Crippen LogP contribution is -2.42. The first-order valence-electron chi connectivity index (χ1n) is 3.41. The maximum Gasteiger partial charge on any atom is 0.205 e. The molecule has 0 fully saturated rings. The van der Waals surface area contributed by atoms with Crippen molar-refractivity contribution in [1.29, 1.82) is 0 Å². The summed E-state index contributed by atoms with van der Waals surface area (Å²) in [7, 11) is 0.989. The van der Waals surface area contributed by atoms with Crippen molar-refractivity contribution in [1.82, 2.24) is 10.0 Å². The number of hydrogen-bond donors (Lipinski definition) is 0. The van der Waals surface area contributed by atoms with E-state index >= 15 is 0 Å². The minimum Gasteiger partial charge on any atom is -0.352 e. The van der Waals surface area contributed by atoms with E-state index in [9.17, 15) is 30.3 Å². The van der Waals surface area contributed by atoms with E-state index < -0.39 is 28.4 Å². The second kappa shape index (κ2) is 5.36. The molecule has 0 heterocycles. The summed E-state index contributed by atoms with van der Waals surface area (Å²) in [5.74, 6) is 0. The lowest BCUT2D eigenvalue weighted by Gasteiger charge is -2.19. The van der Waals surface area contributed by atoms with Crippen LogP contribution in [0.3, 0.4) is 0 Å². The summed E-state index contributed by atoms with van der Waals surface area (Å²) in [5, 5.41) is 27.8. The number of nitrogens with zero attached hydrogens (tertiary/aromatic N) is 6. The molecule has 0 atom stereocenters. The van der Waals surface area contributed by atoms with Gasteiger partial charge in [0.2, 0.25) is 6.67 Å². The molecule has 0 N–H and O–H groups in total. The molecule has 0 rings (SSSR count). The highest BCUT2D eigenvalue weighted by Gasteiger charge is 2.18. The fraction of sp³-hybridized carbons (Fsp3) is 1.00. The molecule has 12 heteroatoms. The summed E-state index contributed by atoms with van der Waals surface area (Å²) in [4.78, 5) is 30.2. The van der Waals surface area contributed by atoms with E-state index in [1.54, 1.807) is 0 Å². The molecule has 12 nitrogen and oxygen atoms in total. The van der Waals surface area contributed by atoms with Crippen LogP contribution in [-0.4, -0.2) is 45.5 Å². The van der Waals surface area contributed by atoms with Crippen molar-refractivity contribution in [3.05, 3.63) is 35.8 Å². The Morgan fingerprint density at radius 1 is 1.13 bits per heavy atom. The summed E-state index contributed by atoms with van der Waals surface area (Å²) in [6, 6.07) is 0. The molecule has 0 radical (unpaired) electrons. The predicted molar refractivity (Wildman–Crippen MR) is 43.7 cm³/mol. The maximum atomic E-state index is 10.3. The maximum absolute atomic E-state index is 10.3. The van der Waals surface area contributed by atoms with Crippen molar-refractivity contribution in [3.8, 4) is 0 Å². The lowest BCUT2D eigenvalue weighted by molar-refractivity contribution is -0.709. The van der Waals surface area contributed by atoms with Gasteiger partial charge in [-0.2, -0.15) is 0 Å². The zero-order valence-corrected chi connectivity index (χ0v) is 7.55. The molecule has 0 aromatic carbocycles. The Morgan fingerprint density at radius 3 is 2.00 bits per heavy atom. The Bertz CT molecular complexity index is 268. The molecule has 0 aliphatic rings. The van der Waals surface area contributed by atoms with E-state index in [2.05, 4.69) is 5.43 Å². The van der Waals surface area contributed by atoms with Crippen molar-refractivity contribution < 1.29 is 15.1 Å². The summed E-state index contributed by atoms with van der Waals surface area (Å²) < 4.78 is 0. The second-order valence-corrected chi connectivity index (χ2v) is 2.30. The van der Waals surface area contributed by atoms with Gasteiger partial charge in [0.25, 0.3) is 0 Å². The highest BCUT2D eigenvalue weighted by atomic mass is 16.7. The van der Waals surface area contributed by atoms with Crippen LogP contribution in [0.25, 0.3) is 5.43 Å². The third kappa shape index (κ3) is 5.02. The SMILES string of the molecule is CN(CN(C[N-][N+](=O)[O-])[N+](=O)[O-])[N+](=O)[O-]. The van der Waals surface area contributed by atoms with Gasteiger partial charge in [0, 0.05) is 0 Å². The predicted octanol–water partition coefficient (Wildman–Crippen LogP) is -0.916. The van der Waals surface area contributed by atoms with Crippen LogP contribution in [0, 0.1) is 30.3 Å². The van der Waals surface area contributed by atoms with Crippen molar-refractivity contribution in [2.45, 2.75) is 0 Å². The number of nitro groups is 3. The monoisotopic (exact) mass is 223 g/mol. The van der Waals surface area contributed by atoms with Crippen molar-refractivity contribution >= 4 is 0 Å². The van der Waals surface area contributed by atoms with Gasteiger partial charge in [-0.1, -0.05) is 0 Å². The molecule has 0 aliphatic carbocycles. The molecule has 0 saturated heterocycles. The van der Waals surface area contributed by atoms with E-state index in [1.165, 1.54) is 0 Å². The molecular formula is C3H7N6O6-. The largest absolute Gasteiger partial charge is 0.352 e. The van der Waals surface area contributed by atoms with Gasteiger partial charge in [-0.05, 0) is 5.03 Å². The minimum absolute atomic E-state index is 0.228. The highest BCUT2D eigenvalue weighted by molar-refractivity contribution is 4.56. The molecule has 15 heavy (non-hydrogen) atoms. The molecule has 0 spiro atoms. The first kappa shape index (κ1) is 12.6. The van der Waals surface area contributed by atoms with E-state index in [0.717, 1.165) is 7.05 Å². The standard InChI is InChI=1S/C3H7N6O6/c1-5(8(12)13)3-6(9(14)15)2-4-7(10)11/h2-3H2,1H3/q-1. The number of hydrogen-bond acceptors (Lipinski definition) is 6. The van der Waals surface area contributed by atoms with Crippen LogP contribution in [0.15, 0.2) is 0 Å². The van der Waals surface area contributed by atoms with Gasteiger partial charge < -0.3 is 5.43 Å². The minimum atomic E-state index is -1.11. The lowest BCUT2D eigenvalue weighted by atomic mass is 10.9. The van der Waals surface area contributed by atoms with Gasteiger partial charge in [-0.25, -0.2) is 20.2 Å². The molecule has 0 aromatic rings. The smallest absolute Gasteiger partial charge is 0.205 e. The Kier molecular flexibility index (Phi) is 4.50. The van der Waals surface area contributed by atoms with Gasteiger partial charge >= 0.3 is 0 Å². The Hall–Kier alpha value is -2.40. The molecular weight excluding hydrogens is 216 g/mol. The van der Waals surface area contributed by atoms with E-state index in [0.29, 0.717) is 5.01 Å². The zero-order valence-electron chi connectivity index (χ0n) is 7.55. The van der Waals surface area contributed by atoms with Crippen LogP contribution in [-0.2, 0) is 0 Å². The average molecular weight is 223 g/mol. The van der Waals surface area contributed by atoms with Crippen LogP contribution in [0.4, 0.5) is 0 Å². The second-order valence-electron chi connectivity index (χ2n) is 2.30. The molecule has 0 unspecified atom stereocenters. The molecule has 0 aliphatic heterocycles. The van der Waals surface area contributed by atoms with Crippen molar-refractivity contribution in [2.75, 3.05) is 20.4 Å². The van der Waals surface area contributed by atoms with E-state index in [1.807, 2.05) is 0 Å². The van der Waals surface area contributed by atoms with Crippen LogP contribution in [0.1, 0.15) is 0 Å². The van der Waals surface area contributed by atoms with Gasteiger partial charge in [0.1, 0.15) is 0 Å². The van der Waals surface area contributed by atoms with Gasteiger partial charge in [-0.3, -0.25) is 10.1 Å². The third-order valence-corrected chi connectivity index (χ3v) is 1.22. The summed E-state index contributed by atoms with van der Waals surface area (Å²) in [5.41, 5.74) is 2.62. The molecule has 0 bridgehead atoms. The van der Waals surface area contributed by atoms with Gasteiger partial charge in [-0.15, -0.1) is 10.0 Å². The fourth-order valence-corrected chi connectivity index (χ4v) is 0.561. The van der Waals surface area contributed by atoms with Crippen LogP contribution < -0.4 is 0 Å². The Balaban J connectivity index is 4.22. The van der Waals surface area contributed by atoms with Crippen molar-refractivity contribution in [3.63, 3.8) is 0 Å². The number of hydrazine groups is 2. The topological polar surface area (TPSA) is 150 Å². The highest BCUT2D eigenvalue weighted by Crippen LogP contribution is 1.97. The van der Waals surface area contributed by atoms with E-state index in [4.69, 9.17) is 0 Å². The average Bonchev–Trinajstić information content (AvgIpc) is 2.10. The Morgan fingerprint density at radius 2 is 1.67 bits per heavy atom. The van der Waals surface area contributed by atoms with Gasteiger partial charge in [0.15, 0.2) is 10.1 Å². The quantitative estimate of drug-likeness (QED) is 0.305. The summed E-state index contributed by atoms with van der Waals surface area (Å²) in [6.45, 7) is -1.57. The summed E-state index contributed by atoms with van der Waals surface area (Å²) in [6.07, 6.45) is 0. The summed E-state index contributed by atoms with van der Waals surface area (Å²) >= 11 is 0. The molecule has 86 valence electrons. The normalized spacial score (nSPS) is 9.13. The third-order valence-electron chi connectivity index (χ3n) is 1.22. The fourth-order valence-electron chi connectivity index (χ4n) is 0.561. The van der Waals surface area contributed by atoms with Crippen LogP contribution in [0.2, 0.25) is 0 Å². The first-order chi connectivity index (χ1) is 6.84. The molecule has 0 amide bonds. The van der Waals surface area contributed by atoms with Gasteiger partial charge in [0.05, 0.1) is 13.7 Å². The zero-order chi connectivity index (χ0) is 12.0. The first-order valence-corrected chi connectivity index (χ1v) is 3.41. The molecule has 0 aromatic heterocycles. The van der Waals surface area contributed by atoms with Crippen molar-refractivity contribution in [2.24, 2.45) is 0 Å². The Labute approximate surface area is 82.4 Å². The molecule has 0 saturated carbocycles. The van der Waals surface area contributed by atoms with E-state index in [-0.39, 0.29) is 5.01 Å². The number of rotatable bonds is 7.